The summed E-state index contributed by atoms with van der Waals surface area (Å²) in [4.78, 5) is 24.9. The molecule has 0 saturated heterocycles. The standard InChI is InChI=1S/C10H10N4O3/c1-2-17-9(15)7-5-3-4-6-8(7)12-10(16)13-14-11/h3-6H,2H2,1H3,(H,12,16). The molecular weight excluding hydrogens is 224 g/mol. The molecular formula is C10H10N4O3. The normalized spacial score (nSPS) is 9.00. The highest BCUT2D eigenvalue weighted by molar-refractivity contribution is 6.00. The molecule has 1 aromatic rings. The van der Waals surface area contributed by atoms with Crippen molar-refractivity contribution in [2.24, 2.45) is 5.11 Å². The van der Waals surface area contributed by atoms with E-state index in [2.05, 4.69) is 15.3 Å². The SMILES string of the molecule is CCOC(=O)c1ccccc1NC(=O)N=[N+]=[N-]. The molecule has 88 valence electrons. The van der Waals surface area contributed by atoms with Gasteiger partial charge in [-0.1, -0.05) is 12.1 Å². The summed E-state index contributed by atoms with van der Waals surface area (Å²) in [5.74, 6) is -0.552. The van der Waals surface area contributed by atoms with E-state index in [-0.39, 0.29) is 17.9 Å². The van der Waals surface area contributed by atoms with Crippen molar-refractivity contribution in [3.63, 3.8) is 0 Å². The first-order valence-corrected chi connectivity index (χ1v) is 4.81. The lowest BCUT2D eigenvalue weighted by Crippen LogP contribution is -2.12. The van der Waals surface area contributed by atoms with Gasteiger partial charge in [0.15, 0.2) is 0 Å². The molecule has 0 aliphatic heterocycles. The lowest BCUT2D eigenvalue weighted by molar-refractivity contribution is 0.0527. The molecule has 2 amide bonds. The van der Waals surface area contributed by atoms with Crippen molar-refractivity contribution in [3.8, 4) is 0 Å². The number of carbonyl (C=O) groups excluding carboxylic acids is 2. The zero-order valence-electron chi connectivity index (χ0n) is 9.08. The molecule has 0 atom stereocenters. The van der Waals surface area contributed by atoms with Gasteiger partial charge in [-0.25, -0.2) is 4.79 Å². The summed E-state index contributed by atoms with van der Waals surface area (Å²) in [5, 5.41) is 5.14. The van der Waals surface area contributed by atoms with Crippen LogP contribution >= 0.6 is 0 Å². The Morgan fingerprint density at radius 2 is 2.18 bits per heavy atom. The van der Waals surface area contributed by atoms with Gasteiger partial charge in [0.1, 0.15) is 0 Å². The summed E-state index contributed by atoms with van der Waals surface area (Å²) in [5.41, 5.74) is 8.53. The molecule has 0 spiro atoms. The minimum absolute atomic E-state index is 0.204. The number of esters is 1. The zero-order chi connectivity index (χ0) is 12.7. The smallest absolute Gasteiger partial charge is 0.340 e. The van der Waals surface area contributed by atoms with Crippen molar-refractivity contribution in [2.75, 3.05) is 11.9 Å². The first kappa shape index (κ1) is 12.5. The average molecular weight is 234 g/mol. The minimum Gasteiger partial charge on any atom is -0.462 e. The summed E-state index contributed by atoms with van der Waals surface area (Å²) < 4.78 is 4.82. The van der Waals surface area contributed by atoms with E-state index in [4.69, 9.17) is 10.3 Å². The van der Waals surface area contributed by atoms with E-state index in [1.54, 1.807) is 19.1 Å². The lowest BCUT2D eigenvalue weighted by Gasteiger charge is -2.08. The molecule has 7 heteroatoms. The monoisotopic (exact) mass is 234 g/mol. The molecule has 0 fully saturated rings. The topological polar surface area (TPSA) is 104 Å². The Kier molecular flexibility index (Phi) is 4.53. The van der Waals surface area contributed by atoms with Gasteiger partial charge in [0.05, 0.1) is 17.9 Å². The molecule has 0 heterocycles. The number of para-hydroxylation sites is 1. The first-order valence-electron chi connectivity index (χ1n) is 4.81. The van der Waals surface area contributed by atoms with E-state index in [1.807, 2.05) is 0 Å². The number of carbonyl (C=O) groups is 2. The predicted octanol–water partition coefficient (Wildman–Crippen LogP) is 2.71. The van der Waals surface area contributed by atoms with Crippen LogP contribution in [0.25, 0.3) is 10.4 Å². The number of urea groups is 1. The van der Waals surface area contributed by atoms with Crippen molar-refractivity contribution in [3.05, 3.63) is 40.3 Å². The van der Waals surface area contributed by atoms with Gasteiger partial charge in [0.2, 0.25) is 0 Å². The van der Waals surface area contributed by atoms with Crippen LogP contribution in [0.5, 0.6) is 0 Å². The van der Waals surface area contributed by atoms with Crippen LogP contribution in [0.4, 0.5) is 10.5 Å². The van der Waals surface area contributed by atoms with Gasteiger partial charge in [-0.3, -0.25) is 4.79 Å². The number of hydrogen-bond donors (Lipinski definition) is 1. The van der Waals surface area contributed by atoms with E-state index in [0.29, 0.717) is 0 Å². The summed E-state index contributed by atoms with van der Waals surface area (Å²) in [6.45, 7) is 1.91. The number of amides is 2. The second-order valence-electron chi connectivity index (χ2n) is 2.89. The molecule has 0 aliphatic carbocycles. The molecule has 1 N–H and O–H groups in total. The van der Waals surface area contributed by atoms with Gasteiger partial charge in [-0.05, 0) is 24.6 Å². The number of benzene rings is 1. The van der Waals surface area contributed by atoms with Crippen molar-refractivity contribution >= 4 is 17.7 Å². The molecule has 1 aromatic carbocycles. The summed E-state index contributed by atoms with van der Waals surface area (Å²) >= 11 is 0. The molecule has 7 nitrogen and oxygen atoms in total. The molecule has 0 bridgehead atoms. The summed E-state index contributed by atoms with van der Waals surface area (Å²) in [7, 11) is 0. The molecule has 1 rings (SSSR count). The highest BCUT2D eigenvalue weighted by Crippen LogP contribution is 2.16. The zero-order valence-corrected chi connectivity index (χ0v) is 9.08. The van der Waals surface area contributed by atoms with Crippen LogP contribution in [0.2, 0.25) is 0 Å². The van der Waals surface area contributed by atoms with Gasteiger partial charge < -0.3 is 10.1 Å². The van der Waals surface area contributed by atoms with Gasteiger partial charge in [0, 0.05) is 10.0 Å². The number of nitrogens with zero attached hydrogens (tertiary/aromatic N) is 3. The molecule has 0 unspecified atom stereocenters. The number of hydrogen-bond acceptors (Lipinski definition) is 3. The summed E-state index contributed by atoms with van der Waals surface area (Å²) in [6.07, 6.45) is 0. The third-order valence-corrected chi connectivity index (χ3v) is 1.80. The largest absolute Gasteiger partial charge is 0.462 e. The number of ether oxygens (including phenoxy) is 1. The maximum atomic E-state index is 11.5. The average Bonchev–Trinajstić information content (AvgIpc) is 2.30. The lowest BCUT2D eigenvalue weighted by atomic mass is 10.2. The van der Waals surface area contributed by atoms with Crippen LogP contribution in [0, 0.1) is 0 Å². The Morgan fingerprint density at radius 3 is 2.82 bits per heavy atom. The maximum Gasteiger partial charge on any atom is 0.340 e. The Hall–Kier alpha value is -2.53. The molecule has 17 heavy (non-hydrogen) atoms. The second-order valence-corrected chi connectivity index (χ2v) is 2.89. The Labute approximate surface area is 97.0 Å². The fourth-order valence-electron chi connectivity index (χ4n) is 1.16. The van der Waals surface area contributed by atoms with Crippen LogP contribution in [0.3, 0.4) is 0 Å². The second kappa shape index (κ2) is 6.14. The Bertz CT molecular complexity index is 480. The highest BCUT2D eigenvalue weighted by atomic mass is 16.5. The fourth-order valence-corrected chi connectivity index (χ4v) is 1.16. The Morgan fingerprint density at radius 1 is 1.47 bits per heavy atom. The van der Waals surface area contributed by atoms with Crippen LogP contribution in [-0.2, 0) is 4.74 Å². The minimum atomic E-state index is -0.885. The number of rotatable bonds is 3. The number of azide groups is 1. The van der Waals surface area contributed by atoms with E-state index in [1.165, 1.54) is 12.1 Å². The van der Waals surface area contributed by atoms with E-state index in [0.717, 1.165) is 0 Å². The van der Waals surface area contributed by atoms with Crippen molar-refractivity contribution < 1.29 is 14.3 Å². The van der Waals surface area contributed by atoms with Gasteiger partial charge in [0.25, 0.3) is 0 Å². The van der Waals surface area contributed by atoms with Crippen LogP contribution < -0.4 is 5.32 Å². The third kappa shape index (κ3) is 3.51. The molecule has 0 aliphatic rings. The first-order chi connectivity index (χ1) is 8.19. The highest BCUT2D eigenvalue weighted by Gasteiger charge is 2.12. The van der Waals surface area contributed by atoms with Gasteiger partial charge in [-0.15, -0.1) is 0 Å². The molecule has 0 aromatic heterocycles. The Balaban J connectivity index is 2.95. The fraction of sp³-hybridized carbons (Fsp3) is 0.200. The maximum absolute atomic E-state index is 11.5. The molecule has 0 saturated carbocycles. The number of anilines is 1. The number of nitrogens with one attached hydrogen (secondary N) is 1. The van der Waals surface area contributed by atoms with Crippen LogP contribution in [0.1, 0.15) is 17.3 Å². The third-order valence-electron chi connectivity index (χ3n) is 1.80. The summed E-state index contributed by atoms with van der Waals surface area (Å²) in [6, 6.07) is 5.40. The van der Waals surface area contributed by atoms with E-state index >= 15 is 0 Å². The van der Waals surface area contributed by atoms with Gasteiger partial charge >= 0.3 is 12.0 Å². The van der Waals surface area contributed by atoms with Crippen LogP contribution in [-0.4, -0.2) is 18.6 Å². The van der Waals surface area contributed by atoms with Crippen molar-refractivity contribution in [1.82, 2.24) is 0 Å². The van der Waals surface area contributed by atoms with Crippen molar-refractivity contribution in [2.45, 2.75) is 6.92 Å². The molecule has 0 radical (unpaired) electrons. The van der Waals surface area contributed by atoms with Crippen LogP contribution in [0.15, 0.2) is 29.4 Å². The van der Waals surface area contributed by atoms with E-state index in [9.17, 15) is 9.59 Å². The van der Waals surface area contributed by atoms with E-state index < -0.39 is 12.0 Å². The predicted molar refractivity (Wildman–Crippen MR) is 60.6 cm³/mol. The quantitative estimate of drug-likeness (QED) is 0.376. The van der Waals surface area contributed by atoms with Gasteiger partial charge in [-0.2, -0.15) is 0 Å². The van der Waals surface area contributed by atoms with Crippen molar-refractivity contribution in [1.29, 1.82) is 0 Å².